The molecule has 0 unspecified atom stereocenters. The van der Waals surface area contributed by atoms with Crippen molar-refractivity contribution in [3.63, 3.8) is 0 Å². The Morgan fingerprint density at radius 2 is 1.92 bits per heavy atom. The highest BCUT2D eigenvalue weighted by atomic mass is 16.5. The molecule has 24 heavy (non-hydrogen) atoms. The van der Waals surface area contributed by atoms with Gasteiger partial charge in [0, 0.05) is 17.4 Å². The lowest BCUT2D eigenvalue weighted by Crippen LogP contribution is -2.50. The summed E-state index contributed by atoms with van der Waals surface area (Å²) in [6, 6.07) is 4.09. The van der Waals surface area contributed by atoms with Gasteiger partial charge >= 0.3 is 5.97 Å². The van der Waals surface area contributed by atoms with Gasteiger partial charge in [0.2, 0.25) is 0 Å². The predicted molar refractivity (Wildman–Crippen MR) is 91.6 cm³/mol. The highest BCUT2D eigenvalue weighted by Crippen LogP contribution is 2.21. The number of carbonyl (C=O) groups is 2. The van der Waals surface area contributed by atoms with Crippen LogP contribution < -0.4 is 5.32 Å². The summed E-state index contributed by atoms with van der Waals surface area (Å²) in [4.78, 5) is 24.2. The largest absolute Gasteiger partial charge is 0.452 e. The molecule has 0 saturated heterocycles. The highest BCUT2D eigenvalue weighted by molar-refractivity contribution is 5.92. The van der Waals surface area contributed by atoms with Gasteiger partial charge in [-0.1, -0.05) is 13.8 Å². The van der Waals surface area contributed by atoms with Crippen LogP contribution in [0.2, 0.25) is 0 Å². The van der Waals surface area contributed by atoms with Crippen molar-refractivity contribution in [1.29, 1.82) is 5.26 Å². The molecule has 0 saturated carbocycles. The lowest BCUT2D eigenvalue weighted by Gasteiger charge is -2.27. The molecular formula is C18H27N3O3. The Morgan fingerprint density at radius 3 is 2.33 bits per heavy atom. The molecule has 0 aliphatic carbocycles. The van der Waals surface area contributed by atoms with E-state index >= 15 is 0 Å². The molecule has 0 aliphatic heterocycles. The summed E-state index contributed by atoms with van der Waals surface area (Å²) in [5.41, 5.74) is 1.25. The zero-order valence-corrected chi connectivity index (χ0v) is 15.6. The molecule has 0 radical (unpaired) electrons. The van der Waals surface area contributed by atoms with E-state index < -0.39 is 24.0 Å². The van der Waals surface area contributed by atoms with E-state index in [2.05, 4.69) is 11.4 Å². The Bertz CT molecular complexity index is 668. The van der Waals surface area contributed by atoms with E-state index in [0.717, 1.165) is 11.4 Å². The Morgan fingerprint density at radius 1 is 1.33 bits per heavy atom. The molecule has 1 aromatic rings. The Hall–Kier alpha value is -2.29. The van der Waals surface area contributed by atoms with Gasteiger partial charge in [-0.2, -0.15) is 5.26 Å². The third-order valence-corrected chi connectivity index (χ3v) is 4.34. The standard InChI is InChI=1S/C18H27N3O3/c1-11(2)18(7,10-19)20-16(22)9-24-17(23)15-8-13(5)21(12(3)4)14(15)6/h8,11-12H,9H2,1-7H3,(H,20,22)/t18-/m0/s1. The van der Waals surface area contributed by atoms with E-state index in [9.17, 15) is 14.9 Å². The molecule has 0 aromatic carbocycles. The van der Waals surface area contributed by atoms with E-state index in [-0.39, 0.29) is 12.0 Å². The maximum Gasteiger partial charge on any atom is 0.340 e. The van der Waals surface area contributed by atoms with Gasteiger partial charge in [-0.15, -0.1) is 0 Å². The normalized spacial score (nSPS) is 13.5. The number of aryl methyl sites for hydroxylation is 1. The average Bonchev–Trinajstić information content (AvgIpc) is 2.79. The quantitative estimate of drug-likeness (QED) is 0.811. The van der Waals surface area contributed by atoms with Crippen LogP contribution in [-0.2, 0) is 9.53 Å². The molecule has 1 heterocycles. The van der Waals surface area contributed by atoms with Crippen LogP contribution in [0.15, 0.2) is 6.07 Å². The molecule has 1 N–H and O–H groups in total. The van der Waals surface area contributed by atoms with E-state index in [1.807, 2.05) is 46.1 Å². The maximum atomic E-state index is 12.2. The fourth-order valence-electron chi connectivity index (χ4n) is 2.61. The van der Waals surface area contributed by atoms with Gasteiger partial charge in [0.1, 0.15) is 5.54 Å². The van der Waals surface area contributed by atoms with Crippen molar-refractivity contribution in [3.8, 4) is 6.07 Å². The smallest absolute Gasteiger partial charge is 0.340 e. The van der Waals surface area contributed by atoms with Crippen molar-refractivity contribution in [3.05, 3.63) is 23.0 Å². The molecule has 1 atom stereocenters. The molecule has 6 nitrogen and oxygen atoms in total. The van der Waals surface area contributed by atoms with Gasteiger partial charge < -0.3 is 14.6 Å². The van der Waals surface area contributed by atoms with E-state index in [0.29, 0.717) is 5.56 Å². The minimum atomic E-state index is -0.989. The molecule has 0 fully saturated rings. The fourth-order valence-corrected chi connectivity index (χ4v) is 2.61. The van der Waals surface area contributed by atoms with Crippen molar-refractivity contribution < 1.29 is 14.3 Å². The summed E-state index contributed by atoms with van der Waals surface area (Å²) in [5, 5.41) is 11.8. The monoisotopic (exact) mass is 333 g/mol. The molecule has 1 amide bonds. The Labute approximate surface area is 143 Å². The molecule has 1 rings (SSSR count). The first-order valence-corrected chi connectivity index (χ1v) is 8.11. The number of aromatic nitrogens is 1. The van der Waals surface area contributed by atoms with Crippen LogP contribution in [-0.4, -0.2) is 28.6 Å². The molecule has 0 spiro atoms. The minimum Gasteiger partial charge on any atom is -0.452 e. The second kappa shape index (κ2) is 7.52. The van der Waals surface area contributed by atoms with Gasteiger partial charge in [-0.25, -0.2) is 4.79 Å². The van der Waals surface area contributed by atoms with Gasteiger partial charge in [0.25, 0.3) is 5.91 Å². The number of carbonyl (C=O) groups excluding carboxylic acids is 2. The number of hydrogen-bond acceptors (Lipinski definition) is 4. The number of amides is 1. The lowest BCUT2D eigenvalue weighted by atomic mass is 9.90. The van der Waals surface area contributed by atoms with Crippen LogP contribution in [0.5, 0.6) is 0 Å². The molecule has 0 aliphatic rings. The summed E-state index contributed by atoms with van der Waals surface area (Å²) in [5.74, 6) is -1.08. The fraction of sp³-hybridized carbons (Fsp3) is 0.611. The zero-order chi connectivity index (χ0) is 18.7. The maximum absolute atomic E-state index is 12.2. The van der Waals surface area contributed by atoms with Crippen LogP contribution >= 0.6 is 0 Å². The van der Waals surface area contributed by atoms with Crippen LogP contribution in [0.4, 0.5) is 0 Å². The summed E-state index contributed by atoms with van der Waals surface area (Å²) in [6.45, 7) is 12.8. The van der Waals surface area contributed by atoms with Crippen molar-refractivity contribution in [2.75, 3.05) is 6.61 Å². The Balaban J connectivity index is 2.76. The van der Waals surface area contributed by atoms with Crippen molar-refractivity contribution in [1.82, 2.24) is 9.88 Å². The van der Waals surface area contributed by atoms with Gasteiger partial charge in [0.05, 0.1) is 11.6 Å². The zero-order valence-electron chi connectivity index (χ0n) is 15.6. The van der Waals surface area contributed by atoms with Crippen molar-refractivity contribution >= 4 is 11.9 Å². The molecule has 6 heteroatoms. The van der Waals surface area contributed by atoms with Gasteiger partial charge in [0.15, 0.2) is 6.61 Å². The number of hydrogen-bond donors (Lipinski definition) is 1. The van der Waals surface area contributed by atoms with Crippen LogP contribution in [0, 0.1) is 31.1 Å². The third kappa shape index (κ3) is 4.16. The minimum absolute atomic E-state index is 0.0629. The van der Waals surface area contributed by atoms with Crippen LogP contribution in [0.25, 0.3) is 0 Å². The first-order chi connectivity index (χ1) is 11.0. The first kappa shape index (κ1) is 19.8. The number of esters is 1. The number of nitriles is 1. The second-order valence-electron chi connectivity index (χ2n) is 6.84. The predicted octanol–water partition coefficient (Wildman–Crippen LogP) is 2.90. The highest BCUT2D eigenvalue weighted by Gasteiger charge is 2.30. The van der Waals surface area contributed by atoms with Crippen molar-refractivity contribution in [2.45, 2.75) is 60.0 Å². The summed E-state index contributed by atoms with van der Waals surface area (Å²) < 4.78 is 7.16. The molecular weight excluding hydrogens is 306 g/mol. The van der Waals surface area contributed by atoms with Crippen molar-refractivity contribution in [2.24, 2.45) is 5.92 Å². The molecule has 1 aromatic heterocycles. The lowest BCUT2D eigenvalue weighted by molar-refractivity contribution is -0.125. The summed E-state index contributed by atoms with van der Waals surface area (Å²) in [6.07, 6.45) is 0. The van der Waals surface area contributed by atoms with Gasteiger partial charge in [-0.05, 0) is 46.6 Å². The van der Waals surface area contributed by atoms with Gasteiger partial charge in [-0.3, -0.25) is 4.79 Å². The second-order valence-corrected chi connectivity index (χ2v) is 6.84. The SMILES string of the molecule is Cc1cc(C(=O)OCC(=O)N[C@@](C)(C#N)C(C)C)c(C)n1C(C)C. The number of rotatable bonds is 6. The first-order valence-electron chi connectivity index (χ1n) is 8.11. The topological polar surface area (TPSA) is 84.1 Å². The summed E-state index contributed by atoms with van der Waals surface area (Å²) >= 11 is 0. The van der Waals surface area contributed by atoms with Crippen LogP contribution in [0.1, 0.15) is 62.4 Å². The number of nitrogens with one attached hydrogen (secondary N) is 1. The molecule has 0 bridgehead atoms. The number of ether oxygens (including phenoxy) is 1. The van der Waals surface area contributed by atoms with Crippen LogP contribution in [0.3, 0.4) is 0 Å². The summed E-state index contributed by atoms with van der Waals surface area (Å²) in [7, 11) is 0. The van der Waals surface area contributed by atoms with E-state index in [1.165, 1.54) is 0 Å². The van der Waals surface area contributed by atoms with E-state index in [4.69, 9.17) is 4.74 Å². The Kier molecular flexibility index (Phi) is 6.19. The number of nitrogens with zero attached hydrogens (tertiary/aromatic N) is 2. The molecule has 132 valence electrons. The van der Waals surface area contributed by atoms with E-state index in [1.54, 1.807) is 13.0 Å². The third-order valence-electron chi connectivity index (χ3n) is 4.34. The average molecular weight is 333 g/mol.